The van der Waals surface area contributed by atoms with Gasteiger partial charge in [0.1, 0.15) is 6.33 Å². The molecule has 0 unspecified atom stereocenters. The minimum Gasteiger partial charge on any atom is -0.229 e. The van der Waals surface area contributed by atoms with Crippen LogP contribution in [0.3, 0.4) is 0 Å². The SMILES string of the molecule is N#CC=CCn1cnnn1. The highest BCUT2D eigenvalue weighted by Crippen LogP contribution is 1.78. The van der Waals surface area contributed by atoms with E-state index in [-0.39, 0.29) is 0 Å². The Balaban J connectivity index is 2.43. The maximum atomic E-state index is 8.10. The van der Waals surface area contributed by atoms with Crippen molar-refractivity contribution in [3.8, 4) is 6.07 Å². The Hall–Kier alpha value is -1.70. The van der Waals surface area contributed by atoms with E-state index in [9.17, 15) is 0 Å². The first-order valence-corrected chi connectivity index (χ1v) is 2.69. The lowest BCUT2D eigenvalue weighted by Crippen LogP contribution is -1.94. The highest BCUT2D eigenvalue weighted by molar-refractivity contribution is 5.00. The zero-order valence-electron chi connectivity index (χ0n) is 5.18. The molecule has 0 saturated heterocycles. The summed E-state index contributed by atoms with van der Waals surface area (Å²) in [6.07, 6.45) is 4.56. The fourth-order valence-corrected chi connectivity index (χ4v) is 0.477. The van der Waals surface area contributed by atoms with Crippen molar-refractivity contribution in [2.75, 3.05) is 0 Å². The summed E-state index contributed by atoms with van der Waals surface area (Å²) in [7, 11) is 0. The first kappa shape index (κ1) is 6.42. The van der Waals surface area contributed by atoms with Crippen LogP contribution in [0.2, 0.25) is 0 Å². The Morgan fingerprint density at radius 2 is 2.60 bits per heavy atom. The van der Waals surface area contributed by atoms with Crippen LogP contribution in [0.5, 0.6) is 0 Å². The van der Waals surface area contributed by atoms with E-state index in [0.29, 0.717) is 6.54 Å². The molecule has 0 aliphatic carbocycles. The van der Waals surface area contributed by atoms with Gasteiger partial charge in [0.05, 0.1) is 12.6 Å². The van der Waals surface area contributed by atoms with Crippen molar-refractivity contribution < 1.29 is 0 Å². The second-order valence-electron chi connectivity index (χ2n) is 1.56. The Morgan fingerprint density at radius 1 is 1.70 bits per heavy atom. The minimum absolute atomic E-state index is 0.542. The number of hydrogen-bond donors (Lipinski definition) is 0. The molecule has 50 valence electrons. The Kier molecular flexibility index (Phi) is 2.15. The second kappa shape index (κ2) is 3.35. The molecular formula is C5H5N5. The molecule has 0 fully saturated rings. The van der Waals surface area contributed by atoms with Crippen LogP contribution in [0.15, 0.2) is 18.5 Å². The molecule has 10 heavy (non-hydrogen) atoms. The lowest BCUT2D eigenvalue weighted by Gasteiger charge is -1.86. The predicted molar refractivity (Wildman–Crippen MR) is 32.6 cm³/mol. The van der Waals surface area contributed by atoms with Crippen molar-refractivity contribution in [3.05, 3.63) is 18.5 Å². The van der Waals surface area contributed by atoms with Crippen LogP contribution < -0.4 is 0 Å². The molecule has 0 N–H and O–H groups in total. The number of hydrogen-bond acceptors (Lipinski definition) is 4. The normalized spacial score (nSPS) is 9.90. The summed E-state index contributed by atoms with van der Waals surface area (Å²) in [5.74, 6) is 0. The second-order valence-corrected chi connectivity index (χ2v) is 1.56. The molecule has 5 heteroatoms. The molecule has 0 amide bonds. The number of tetrazole rings is 1. The van der Waals surface area contributed by atoms with E-state index in [1.54, 1.807) is 6.08 Å². The third kappa shape index (κ3) is 1.67. The van der Waals surface area contributed by atoms with Crippen LogP contribution in [0.4, 0.5) is 0 Å². The average Bonchev–Trinajstić information content (AvgIpc) is 2.41. The standard InChI is InChI=1S/C5H5N5/c6-3-1-2-4-10-5-7-8-9-10/h1-2,5H,4H2. The fraction of sp³-hybridized carbons (Fsp3) is 0.200. The van der Waals surface area contributed by atoms with Crippen LogP contribution >= 0.6 is 0 Å². The van der Waals surface area contributed by atoms with E-state index in [1.165, 1.54) is 17.1 Å². The molecule has 1 heterocycles. The van der Waals surface area contributed by atoms with Gasteiger partial charge in [0.25, 0.3) is 0 Å². The first-order valence-electron chi connectivity index (χ1n) is 2.69. The zero-order chi connectivity index (χ0) is 7.23. The van der Waals surface area contributed by atoms with Crippen molar-refractivity contribution in [2.24, 2.45) is 0 Å². The molecule has 5 nitrogen and oxygen atoms in total. The van der Waals surface area contributed by atoms with Crippen LogP contribution in [-0.2, 0) is 6.54 Å². The molecule has 1 aromatic rings. The number of nitriles is 1. The summed E-state index contributed by atoms with van der Waals surface area (Å²) in [6.45, 7) is 0.542. The summed E-state index contributed by atoms with van der Waals surface area (Å²) in [6, 6.07) is 1.87. The highest BCUT2D eigenvalue weighted by Gasteiger charge is 1.84. The molecule has 0 aromatic carbocycles. The Labute approximate surface area is 57.6 Å². The molecule has 0 spiro atoms. The van der Waals surface area contributed by atoms with Gasteiger partial charge in [0.15, 0.2) is 0 Å². The van der Waals surface area contributed by atoms with Gasteiger partial charge in [-0.1, -0.05) is 6.08 Å². The molecule has 1 rings (SSSR count). The van der Waals surface area contributed by atoms with Crippen molar-refractivity contribution >= 4 is 0 Å². The summed E-state index contributed by atoms with van der Waals surface area (Å²) < 4.78 is 1.52. The predicted octanol–water partition coefficient (Wildman–Crippen LogP) is -0.247. The largest absolute Gasteiger partial charge is 0.229 e. The van der Waals surface area contributed by atoms with E-state index in [4.69, 9.17) is 5.26 Å². The summed E-state index contributed by atoms with van der Waals surface area (Å²) in [5.41, 5.74) is 0. The van der Waals surface area contributed by atoms with Crippen LogP contribution in [-0.4, -0.2) is 20.2 Å². The molecule has 0 aliphatic rings. The highest BCUT2D eigenvalue weighted by atomic mass is 15.5. The molecule has 1 aromatic heterocycles. The van der Waals surface area contributed by atoms with Crippen molar-refractivity contribution in [3.63, 3.8) is 0 Å². The molecule has 0 atom stereocenters. The molecule has 0 bridgehead atoms. The maximum Gasteiger partial charge on any atom is 0.138 e. The van der Waals surface area contributed by atoms with Gasteiger partial charge in [0, 0.05) is 6.08 Å². The van der Waals surface area contributed by atoms with E-state index in [1.807, 2.05) is 6.07 Å². The van der Waals surface area contributed by atoms with Gasteiger partial charge in [-0.3, -0.25) is 0 Å². The van der Waals surface area contributed by atoms with Gasteiger partial charge in [-0.25, -0.2) is 4.68 Å². The topological polar surface area (TPSA) is 67.4 Å². The van der Waals surface area contributed by atoms with Gasteiger partial charge in [0.2, 0.25) is 0 Å². The van der Waals surface area contributed by atoms with E-state index in [0.717, 1.165) is 0 Å². The maximum absolute atomic E-state index is 8.10. The smallest absolute Gasteiger partial charge is 0.138 e. The van der Waals surface area contributed by atoms with Crippen molar-refractivity contribution in [1.82, 2.24) is 20.2 Å². The Bertz CT molecular complexity index is 242. The van der Waals surface area contributed by atoms with Crippen LogP contribution in [0.1, 0.15) is 0 Å². The number of nitrogens with zero attached hydrogens (tertiary/aromatic N) is 5. The molecular weight excluding hydrogens is 130 g/mol. The lowest BCUT2D eigenvalue weighted by atomic mass is 10.5. The summed E-state index contributed by atoms with van der Waals surface area (Å²) in [5, 5.41) is 18.5. The van der Waals surface area contributed by atoms with Crippen LogP contribution in [0.25, 0.3) is 0 Å². The van der Waals surface area contributed by atoms with Gasteiger partial charge in [-0.2, -0.15) is 5.26 Å². The van der Waals surface area contributed by atoms with Gasteiger partial charge >= 0.3 is 0 Å². The Morgan fingerprint density at radius 3 is 3.20 bits per heavy atom. The molecule has 0 radical (unpaired) electrons. The average molecular weight is 135 g/mol. The third-order valence-corrected chi connectivity index (χ3v) is 0.876. The fourth-order valence-electron chi connectivity index (χ4n) is 0.477. The van der Waals surface area contributed by atoms with E-state index in [2.05, 4.69) is 15.5 Å². The third-order valence-electron chi connectivity index (χ3n) is 0.876. The lowest BCUT2D eigenvalue weighted by molar-refractivity contribution is 0.660. The van der Waals surface area contributed by atoms with Gasteiger partial charge < -0.3 is 0 Å². The van der Waals surface area contributed by atoms with Gasteiger partial charge in [-0.15, -0.1) is 5.10 Å². The number of allylic oxidation sites excluding steroid dienone is 2. The first-order chi connectivity index (χ1) is 4.93. The molecule has 0 aliphatic heterocycles. The monoisotopic (exact) mass is 135 g/mol. The van der Waals surface area contributed by atoms with Gasteiger partial charge in [-0.05, 0) is 10.4 Å². The van der Waals surface area contributed by atoms with E-state index >= 15 is 0 Å². The van der Waals surface area contributed by atoms with Crippen molar-refractivity contribution in [2.45, 2.75) is 6.54 Å². The minimum atomic E-state index is 0.542. The summed E-state index contributed by atoms with van der Waals surface area (Å²) >= 11 is 0. The summed E-state index contributed by atoms with van der Waals surface area (Å²) in [4.78, 5) is 0. The zero-order valence-corrected chi connectivity index (χ0v) is 5.18. The molecule has 0 saturated carbocycles. The van der Waals surface area contributed by atoms with Crippen molar-refractivity contribution in [1.29, 1.82) is 5.26 Å². The quantitative estimate of drug-likeness (QED) is 0.524. The van der Waals surface area contributed by atoms with E-state index < -0.39 is 0 Å². The number of aromatic nitrogens is 4. The van der Waals surface area contributed by atoms with Crippen LogP contribution in [0, 0.1) is 11.3 Å². The number of rotatable bonds is 2.